The lowest BCUT2D eigenvalue weighted by molar-refractivity contribution is -0.401. The van der Waals surface area contributed by atoms with Gasteiger partial charge in [-0.3, -0.25) is 0 Å². The van der Waals surface area contributed by atoms with Crippen LogP contribution in [-0.4, -0.2) is 29.3 Å². The second kappa shape index (κ2) is 9.48. The first-order valence-corrected chi connectivity index (χ1v) is 13.9. The van der Waals surface area contributed by atoms with Crippen LogP contribution in [0.5, 0.6) is 0 Å². The van der Waals surface area contributed by atoms with Crippen LogP contribution in [-0.2, 0) is 5.41 Å². The first-order chi connectivity index (χ1) is 17.5. The van der Waals surface area contributed by atoms with E-state index in [1.54, 1.807) is 0 Å². The Balaban J connectivity index is 1.47. The molecule has 0 saturated carbocycles. The van der Waals surface area contributed by atoms with Gasteiger partial charge in [-0.15, -0.1) is 0 Å². The molecule has 0 saturated heterocycles. The number of hydrogen-bond donors (Lipinski definition) is 0. The molecule has 0 bridgehead atoms. The van der Waals surface area contributed by atoms with Crippen LogP contribution < -0.4 is 0 Å². The van der Waals surface area contributed by atoms with Gasteiger partial charge in [-0.2, -0.15) is 4.58 Å². The summed E-state index contributed by atoms with van der Waals surface area (Å²) < 4.78 is 2.33. The van der Waals surface area contributed by atoms with E-state index in [1.165, 1.54) is 45.1 Å². The van der Waals surface area contributed by atoms with Crippen LogP contribution >= 0.6 is 11.6 Å². The molecule has 4 aliphatic rings. The summed E-state index contributed by atoms with van der Waals surface area (Å²) in [6, 6.07) is 8.72. The van der Waals surface area contributed by atoms with Gasteiger partial charge in [0.2, 0.25) is 5.69 Å². The maximum atomic E-state index is 7.10. The van der Waals surface area contributed by atoms with E-state index in [1.807, 2.05) is 0 Å². The number of para-hydroxylation sites is 1. The number of allylic oxidation sites excluding steroid dienone is 12. The summed E-state index contributed by atoms with van der Waals surface area (Å²) in [5, 5.41) is 0.915. The Morgan fingerprint density at radius 1 is 1.00 bits per heavy atom. The second-order valence-corrected chi connectivity index (χ2v) is 12.4. The third kappa shape index (κ3) is 4.34. The van der Waals surface area contributed by atoms with Crippen molar-refractivity contribution in [3.05, 3.63) is 112 Å². The molecule has 3 heteroatoms. The lowest BCUT2D eigenvalue weighted by Crippen LogP contribution is -2.26. The number of halogens is 1. The maximum absolute atomic E-state index is 7.10. The highest BCUT2D eigenvalue weighted by Gasteiger charge is 2.43. The minimum absolute atomic E-state index is 0.0103. The van der Waals surface area contributed by atoms with Crippen molar-refractivity contribution in [2.75, 3.05) is 14.1 Å². The molecule has 2 aliphatic heterocycles. The van der Waals surface area contributed by atoms with Crippen LogP contribution in [0.3, 0.4) is 0 Å². The summed E-state index contributed by atoms with van der Waals surface area (Å²) in [6.45, 7) is 11.6. The molecule has 0 amide bonds. The summed E-state index contributed by atoms with van der Waals surface area (Å²) in [6.07, 6.45) is 21.0. The fraction of sp³-hybridized carbons (Fsp3) is 0.382. The van der Waals surface area contributed by atoms with Crippen molar-refractivity contribution in [1.29, 1.82) is 0 Å². The molecule has 37 heavy (non-hydrogen) atoms. The highest BCUT2D eigenvalue weighted by Crippen LogP contribution is 2.49. The lowest BCUT2D eigenvalue weighted by Gasteiger charge is -2.27. The van der Waals surface area contributed by atoms with Gasteiger partial charge in [-0.1, -0.05) is 81.0 Å². The highest BCUT2D eigenvalue weighted by molar-refractivity contribution is 6.32. The van der Waals surface area contributed by atoms with Gasteiger partial charge in [-0.05, 0) is 67.9 Å². The molecule has 0 spiro atoms. The van der Waals surface area contributed by atoms with Crippen LogP contribution in [0.2, 0.25) is 0 Å². The van der Waals surface area contributed by atoms with Crippen molar-refractivity contribution in [1.82, 2.24) is 4.90 Å². The zero-order valence-electron chi connectivity index (χ0n) is 23.4. The smallest absolute Gasteiger partial charge is 0.209 e. The molecule has 0 radical (unpaired) electrons. The van der Waals surface area contributed by atoms with Crippen molar-refractivity contribution in [2.45, 2.75) is 59.3 Å². The Labute approximate surface area is 228 Å². The van der Waals surface area contributed by atoms with Crippen LogP contribution in [0, 0.1) is 11.3 Å². The van der Waals surface area contributed by atoms with Gasteiger partial charge in [0.1, 0.15) is 7.05 Å². The number of hydrogen-bond acceptors (Lipinski definition) is 1. The van der Waals surface area contributed by atoms with E-state index >= 15 is 0 Å². The van der Waals surface area contributed by atoms with Gasteiger partial charge < -0.3 is 4.90 Å². The maximum Gasteiger partial charge on any atom is 0.209 e. The molecular weight excluding hydrogens is 472 g/mol. The van der Waals surface area contributed by atoms with Crippen LogP contribution in [0.1, 0.15) is 59.4 Å². The first-order valence-electron chi connectivity index (χ1n) is 13.5. The molecule has 2 aliphatic carbocycles. The van der Waals surface area contributed by atoms with E-state index in [9.17, 15) is 0 Å². The van der Waals surface area contributed by atoms with Gasteiger partial charge in [0.25, 0.3) is 0 Å². The van der Waals surface area contributed by atoms with E-state index in [0.29, 0.717) is 5.92 Å². The molecule has 1 aromatic rings. The molecule has 1 aromatic carbocycles. The van der Waals surface area contributed by atoms with Gasteiger partial charge in [0.15, 0.2) is 5.71 Å². The number of likely N-dealkylation sites (N-methyl/N-ethyl adjacent to an activating group) is 1. The summed E-state index contributed by atoms with van der Waals surface area (Å²) >= 11 is 7.10. The zero-order chi connectivity index (χ0) is 26.5. The number of fused-ring (bicyclic) bond motifs is 1. The largest absolute Gasteiger partial charge is 0.347 e. The standard InChI is InChI=1S/C34H40ClN2/c1-23-21-24(17-19-30-33(2,3)26-13-9-8-10-15-28(26)36(30)6)32(35)25(22-23)18-20-31-34(4,5)27-14-11-12-16-29(27)37(31)7/h8-12,14-20,23H,13,21-22H2,1-7H3/q+1. The minimum atomic E-state index is -0.0362. The van der Waals surface area contributed by atoms with Crippen molar-refractivity contribution >= 4 is 23.0 Å². The molecule has 0 fully saturated rings. The third-order valence-corrected chi connectivity index (χ3v) is 9.26. The molecular formula is C34H40ClN2+. The van der Waals surface area contributed by atoms with E-state index < -0.39 is 0 Å². The molecule has 2 heterocycles. The highest BCUT2D eigenvalue weighted by atomic mass is 35.5. The zero-order valence-corrected chi connectivity index (χ0v) is 24.2. The molecule has 2 nitrogen and oxygen atoms in total. The van der Waals surface area contributed by atoms with E-state index in [0.717, 1.165) is 24.3 Å². The second-order valence-electron chi connectivity index (χ2n) is 12.1. The number of rotatable bonds is 3. The Bertz CT molecular complexity index is 1380. The van der Waals surface area contributed by atoms with Crippen LogP contribution in [0.15, 0.2) is 106 Å². The molecule has 0 N–H and O–H groups in total. The Kier molecular flexibility index (Phi) is 6.61. The summed E-state index contributed by atoms with van der Waals surface area (Å²) in [5.41, 5.74) is 10.5. The fourth-order valence-corrected chi connectivity index (χ4v) is 6.96. The molecule has 5 rings (SSSR count). The Morgan fingerprint density at radius 3 is 2.51 bits per heavy atom. The average Bonchev–Trinajstić information content (AvgIpc) is 3.06. The molecule has 1 unspecified atom stereocenters. The Morgan fingerprint density at radius 2 is 1.76 bits per heavy atom. The predicted molar refractivity (Wildman–Crippen MR) is 158 cm³/mol. The van der Waals surface area contributed by atoms with Gasteiger partial charge in [-0.25, -0.2) is 0 Å². The predicted octanol–water partition coefficient (Wildman–Crippen LogP) is 8.72. The average molecular weight is 512 g/mol. The summed E-state index contributed by atoms with van der Waals surface area (Å²) in [5.74, 6) is 0.556. The minimum Gasteiger partial charge on any atom is -0.347 e. The number of benzene rings is 1. The van der Waals surface area contributed by atoms with Crippen molar-refractivity contribution in [3.8, 4) is 0 Å². The summed E-state index contributed by atoms with van der Waals surface area (Å²) in [4.78, 5) is 2.35. The van der Waals surface area contributed by atoms with Crippen molar-refractivity contribution in [3.63, 3.8) is 0 Å². The van der Waals surface area contributed by atoms with E-state index in [4.69, 9.17) is 11.6 Å². The van der Waals surface area contributed by atoms with Gasteiger partial charge >= 0.3 is 0 Å². The quantitative estimate of drug-likeness (QED) is 0.368. The monoisotopic (exact) mass is 511 g/mol. The van der Waals surface area contributed by atoms with Gasteiger partial charge in [0, 0.05) is 46.6 Å². The number of nitrogens with zero attached hydrogens (tertiary/aromatic N) is 2. The van der Waals surface area contributed by atoms with Gasteiger partial charge in [0.05, 0.1) is 5.41 Å². The molecule has 1 atom stereocenters. The SMILES string of the molecule is CC1CC(/C=C/C2=[N+](C)c3ccccc3C2(C)C)=C(Cl)C(=C/C=C2/N(C)C3=C(CC=CC=C3)C2(C)C)/C1. The van der Waals surface area contributed by atoms with Crippen molar-refractivity contribution < 1.29 is 4.58 Å². The van der Waals surface area contributed by atoms with E-state index in [2.05, 4.69) is 131 Å². The van der Waals surface area contributed by atoms with Crippen molar-refractivity contribution in [2.24, 2.45) is 11.3 Å². The van der Waals surface area contributed by atoms with Crippen LogP contribution in [0.25, 0.3) is 0 Å². The van der Waals surface area contributed by atoms with Crippen LogP contribution in [0.4, 0.5) is 5.69 Å². The molecule has 0 aromatic heterocycles. The third-order valence-electron chi connectivity index (χ3n) is 8.78. The molecule has 192 valence electrons. The topological polar surface area (TPSA) is 6.25 Å². The summed E-state index contributed by atoms with van der Waals surface area (Å²) in [7, 11) is 4.36. The lowest BCUT2D eigenvalue weighted by atomic mass is 9.80. The Hall–Kier alpha value is -2.84. The van der Waals surface area contributed by atoms with E-state index in [-0.39, 0.29) is 10.8 Å². The fourth-order valence-electron chi connectivity index (χ4n) is 6.68. The first kappa shape index (κ1) is 25.8. The normalized spacial score (nSPS) is 26.7.